The first-order valence-corrected chi connectivity index (χ1v) is 5.41. The molecule has 0 radical (unpaired) electrons. The molecule has 2 amide bonds. The van der Waals surface area contributed by atoms with Crippen LogP contribution in [0.15, 0.2) is 11.6 Å². The third kappa shape index (κ3) is 2.67. The summed E-state index contributed by atoms with van der Waals surface area (Å²) < 4.78 is 0. The summed E-state index contributed by atoms with van der Waals surface area (Å²) in [5.41, 5.74) is 0.790. The van der Waals surface area contributed by atoms with E-state index in [1.54, 1.807) is 0 Å². The van der Waals surface area contributed by atoms with E-state index in [9.17, 15) is 9.59 Å². The van der Waals surface area contributed by atoms with E-state index in [1.807, 2.05) is 6.08 Å². The van der Waals surface area contributed by atoms with Crippen LogP contribution in [0.2, 0.25) is 0 Å². The van der Waals surface area contributed by atoms with Gasteiger partial charge in [0, 0.05) is 19.5 Å². The Balaban J connectivity index is 2.73. The smallest absolute Gasteiger partial charge is 0.255 e. The van der Waals surface area contributed by atoms with Crippen molar-refractivity contribution in [3.8, 4) is 0 Å². The Morgan fingerprint density at radius 2 is 1.93 bits per heavy atom. The van der Waals surface area contributed by atoms with Gasteiger partial charge in [-0.25, -0.2) is 0 Å². The highest BCUT2D eigenvalue weighted by Crippen LogP contribution is 2.29. The third-order valence-electron chi connectivity index (χ3n) is 3.30. The molecule has 1 aliphatic rings. The fourth-order valence-corrected chi connectivity index (χ4v) is 1.72. The summed E-state index contributed by atoms with van der Waals surface area (Å²) in [4.78, 5) is 24.1. The summed E-state index contributed by atoms with van der Waals surface area (Å²) in [5.74, 6) is 0.812. The molecule has 0 bridgehead atoms. The van der Waals surface area contributed by atoms with Crippen molar-refractivity contribution in [2.45, 2.75) is 33.6 Å². The number of hydrogen-bond acceptors (Lipinski definition) is 2. The molecule has 0 N–H and O–H groups in total. The van der Waals surface area contributed by atoms with Gasteiger partial charge >= 0.3 is 0 Å². The Morgan fingerprint density at radius 3 is 2.40 bits per heavy atom. The number of amides is 2. The molecule has 1 aliphatic carbocycles. The predicted octanol–water partition coefficient (Wildman–Crippen LogP) is 1.98. The van der Waals surface area contributed by atoms with Crippen molar-refractivity contribution in [2.75, 3.05) is 7.05 Å². The summed E-state index contributed by atoms with van der Waals surface area (Å²) in [6.45, 7) is 5.75. The van der Waals surface area contributed by atoms with Crippen LogP contribution >= 0.6 is 0 Å². The molecule has 0 saturated carbocycles. The third-order valence-corrected chi connectivity index (χ3v) is 3.30. The molecule has 0 heterocycles. The maximum atomic E-state index is 11.8. The van der Waals surface area contributed by atoms with E-state index in [2.05, 4.69) is 13.8 Å². The Labute approximate surface area is 91.1 Å². The first-order chi connectivity index (χ1) is 6.93. The molecule has 0 saturated heterocycles. The van der Waals surface area contributed by atoms with E-state index in [1.165, 1.54) is 18.9 Å². The van der Waals surface area contributed by atoms with Gasteiger partial charge < -0.3 is 0 Å². The van der Waals surface area contributed by atoms with E-state index < -0.39 is 0 Å². The van der Waals surface area contributed by atoms with Crippen molar-refractivity contribution < 1.29 is 9.59 Å². The van der Waals surface area contributed by atoms with Crippen molar-refractivity contribution in [1.82, 2.24) is 4.90 Å². The van der Waals surface area contributed by atoms with Crippen molar-refractivity contribution in [2.24, 2.45) is 11.8 Å². The molecular formula is C12H19NO2. The zero-order valence-corrected chi connectivity index (χ0v) is 9.91. The van der Waals surface area contributed by atoms with Crippen LogP contribution < -0.4 is 0 Å². The number of carbonyl (C=O) groups is 2. The van der Waals surface area contributed by atoms with Crippen LogP contribution in [0.1, 0.15) is 33.6 Å². The quantitative estimate of drug-likeness (QED) is 0.662. The molecule has 2 atom stereocenters. The van der Waals surface area contributed by atoms with Crippen LogP contribution in [-0.4, -0.2) is 23.8 Å². The van der Waals surface area contributed by atoms with Crippen LogP contribution in [0.4, 0.5) is 0 Å². The first-order valence-electron chi connectivity index (χ1n) is 5.41. The zero-order valence-electron chi connectivity index (χ0n) is 9.91. The van der Waals surface area contributed by atoms with Gasteiger partial charge in [0.25, 0.3) is 5.91 Å². The van der Waals surface area contributed by atoms with E-state index in [-0.39, 0.29) is 11.8 Å². The molecular weight excluding hydrogens is 190 g/mol. The van der Waals surface area contributed by atoms with Crippen LogP contribution in [0, 0.1) is 11.8 Å². The Morgan fingerprint density at radius 1 is 1.33 bits per heavy atom. The topological polar surface area (TPSA) is 37.4 Å². The van der Waals surface area contributed by atoms with E-state index in [0.717, 1.165) is 18.4 Å². The number of likely N-dealkylation sites (N-methyl/N-ethyl adjacent to an activating group) is 1. The average molecular weight is 209 g/mol. The second-order valence-electron chi connectivity index (χ2n) is 4.51. The van der Waals surface area contributed by atoms with Gasteiger partial charge in [0.1, 0.15) is 0 Å². The van der Waals surface area contributed by atoms with Gasteiger partial charge in [-0.1, -0.05) is 19.9 Å². The molecule has 0 aliphatic heterocycles. The maximum absolute atomic E-state index is 11.8. The number of allylic oxidation sites excluding steroid dienone is 1. The van der Waals surface area contributed by atoms with Crippen molar-refractivity contribution in [3.05, 3.63) is 11.6 Å². The number of rotatable bonds is 1. The highest BCUT2D eigenvalue weighted by atomic mass is 16.2. The fourth-order valence-electron chi connectivity index (χ4n) is 1.72. The number of nitrogens with zero attached hydrogens (tertiary/aromatic N) is 1. The summed E-state index contributed by atoms with van der Waals surface area (Å²) in [6.07, 6.45) is 3.71. The highest BCUT2D eigenvalue weighted by Gasteiger charge is 2.25. The molecule has 0 spiro atoms. The van der Waals surface area contributed by atoms with Crippen LogP contribution in [-0.2, 0) is 9.59 Å². The molecule has 15 heavy (non-hydrogen) atoms. The van der Waals surface area contributed by atoms with Crippen LogP contribution in [0.3, 0.4) is 0 Å². The Bertz CT molecular complexity index is 307. The SMILES string of the molecule is CC(=O)N(C)C(=O)C1=CCC(C)C(C)C1. The van der Waals surface area contributed by atoms with E-state index >= 15 is 0 Å². The maximum Gasteiger partial charge on any atom is 0.255 e. The van der Waals surface area contributed by atoms with Gasteiger partial charge in [0.15, 0.2) is 0 Å². The fraction of sp³-hybridized carbons (Fsp3) is 0.667. The molecule has 84 valence electrons. The minimum absolute atomic E-state index is 0.138. The molecule has 0 aromatic heterocycles. The van der Waals surface area contributed by atoms with Crippen LogP contribution in [0.5, 0.6) is 0 Å². The molecule has 3 heteroatoms. The average Bonchev–Trinajstić information content (AvgIpc) is 2.19. The number of hydrogen-bond donors (Lipinski definition) is 0. The minimum Gasteiger partial charge on any atom is -0.282 e. The molecule has 0 fully saturated rings. The Hall–Kier alpha value is -1.12. The standard InChI is InChI=1S/C12H19NO2/c1-8-5-6-11(7-9(8)2)12(15)13(4)10(3)14/h6,8-9H,5,7H2,1-4H3. The highest BCUT2D eigenvalue weighted by molar-refractivity contribution is 6.03. The first kappa shape index (κ1) is 12.0. The Kier molecular flexibility index (Phi) is 3.66. The summed E-state index contributed by atoms with van der Waals surface area (Å²) in [7, 11) is 1.54. The van der Waals surface area contributed by atoms with Crippen molar-refractivity contribution >= 4 is 11.8 Å². The zero-order chi connectivity index (χ0) is 11.6. The minimum atomic E-state index is -0.202. The number of imide groups is 1. The lowest BCUT2D eigenvalue weighted by molar-refractivity contribution is -0.139. The van der Waals surface area contributed by atoms with Crippen molar-refractivity contribution in [3.63, 3.8) is 0 Å². The largest absolute Gasteiger partial charge is 0.282 e. The summed E-state index contributed by atoms with van der Waals surface area (Å²) in [6, 6.07) is 0. The monoisotopic (exact) mass is 209 g/mol. The lowest BCUT2D eigenvalue weighted by atomic mass is 9.81. The predicted molar refractivity (Wildman–Crippen MR) is 59.1 cm³/mol. The molecule has 2 unspecified atom stereocenters. The van der Waals surface area contributed by atoms with Gasteiger partial charge in [-0.3, -0.25) is 14.5 Å². The van der Waals surface area contributed by atoms with Gasteiger partial charge in [0.05, 0.1) is 0 Å². The second kappa shape index (κ2) is 4.60. The van der Waals surface area contributed by atoms with Crippen LogP contribution in [0.25, 0.3) is 0 Å². The van der Waals surface area contributed by atoms with E-state index in [4.69, 9.17) is 0 Å². The molecule has 0 aromatic rings. The second-order valence-corrected chi connectivity index (χ2v) is 4.51. The number of carbonyl (C=O) groups excluding carboxylic acids is 2. The molecule has 0 aromatic carbocycles. The van der Waals surface area contributed by atoms with Gasteiger partial charge in [-0.15, -0.1) is 0 Å². The van der Waals surface area contributed by atoms with Crippen molar-refractivity contribution in [1.29, 1.82) is 0 Å². The van der Waals surface area contributed by atoms with Gasteiger partial charge in [-0.2, -0.15) is 0 Å². The van der Waals surface area contributed by atoms with E-state index in [0.29, 0.717) is 11.8 Å². The van der Waals surface area contributed by atoms with Gasteiger partial charge in [-0.05, 0) is 24.7 Å². The lowest BCUT2D eigenvalue weighted by Crippen LogP contribution is -2.33. The summed E-state index contributed by atoms with van der Waals surface area (Å²) >= 11 is 0. The lowest BCUT2D eigenvalue weighted by Gasteiger charge is -2.26. The molecule has 3 nitrogen and oxygen atoms in total. The molecule has 1 rings (SSSR count). The normalized spacial score (nSPS) is 25.7. The summed E-state index contributed by atoms with van der Waals surface area (Å²) in [5, 5.41) is 0. The van der Waals surface area contributed by atoms with Gasteiger partial charge in [0.2, 0.25) is 5.91 Å².